The second-order valence-corrected chi connectivity index (χ2v) is 7.33. The monoisotopic (exact) mass is 385 g/mol. The highest BCUT2D eigenvalue weighted by Gasteiger charge is 2.26. The molecule has 1 aliphatic rings. The summed E-state index contributed by atoms with van der Waals surface area (Å²) in [6, 6.07) is 11.2. The highest BCUT2D eigenvalue weighted by molar-refractivity contribution is 6.07. The van der Waals surface area contributed by atoms with Crippen molar-refractivity contribution >= 4 is 16.8 Å². The zero-order valence-electron chi connectivity index (χ0n) is 15.9. The van der Waals surface area contributed by atoms with Gasteiger partial charge in [0.1, 0.15) is 17.8 Å². The molecule has 0 saturated heterocycles. The summed E-state index contributed by atoms with van der Waals surface area (Å²) in [5.41, 5.74) is 3.53. The SMILES string of the molecule is CN(Cc1ccon1)C(=O)c1cc(-c2cnc(C3CC3)nc2)nc2ccccc12. The van der Waals surface area contributed by atoms with Crippen LogP contribution in [0.3, 0.4) is 0 Å². The zero-order valence-corrected chi connectivity index (χ0v) is 15.9. The second-order valence-electron chi connectivity index (χ2n) is 7.33. The van der Waals surface area contributed by atoms with Gasteiger partial charge in [-0.2, -0.15) is 0 Å². The fraction of sp³-hybridized carbons (Fsp3) is 0.227. The van der Waals surface area contributed by atoms with E-state index in [0.717, 1.165) is 35.1 Å². The third-order valence-corrected chi connectivity index (χ3v) is 5.09. The van der Waals surface area contributed by atoms with E-state index in [1.165, 1.54) is 6.26 Å². The predicted molar refractivity (Wildman–Crippen MR) is 107 cm³/mol. The van der Waals surface area contributed by atoms with Crippen molar-refractivity contribution in [1.82, 2.24) is 25.0 Å². The van der Waals surface area contributed by atoms with E-state index in [0.29, 0.717) is 29.4 Å². The lowest BCUT2D eigenvalue weighted by Crippen LogP contribution is -2.26. The lowest BCUT2D eigenvalue weighted by Gasteiger charge is -2.17. The Morgan fingerprint density at radius 1 is 1.17 bits per heavy atom. The smallest absolute Gasteiger partial charge is 0.254 e. The Kier molecular flexibility index (Phi) is 4.27. The summed E-state index contributed by atoms with van der Waals surface area (Å²) >= 11 is 0. The van der Waals surface area contributed by atoms with Gasteiger partial charge in [-0.3, -0.25) is 4.79 Å². The summed E-state index contributed by atoms with van der Waals surface area (Å²) in [4.78, 5) is 28.6. The first-order valence-electron chi connectivity index (χ1n) is 9.56. The molecule has 0 radical (unpaired) electrons. The highest BCUT2D eigenvalue weighted by Crippen LogP contribution is 2.38. The van der Waals surface area contributed by atoms with Gasteiger partial charge in [0.05, 0.1) is 23.3 Å². The fourth-order valence-electron chi connectivity index (χ4n) is 3.36. The Labute approximate surface area is 167 Å². The van der Waals surface area contributed by atoms with Crippen LogP contribution in [0.5, 0.6) is 0 Å². The molecule has 144 valence electrons. The summed E-state index contributed by atoms with van der Waals surface area (Å²) < 4.78 is 4.87. The van der Waals surface area contributed by atoms with E-state index in [4.69, 9.17) is 9.51 Å². The summed E-state index contributed by atoms with van der Waals surface area (Å²) in [7, 11) is 1.75. The van der Waals surface area contributed by atoms with Crippen molar-refractivity contribution in [2.45, 2.75) is 25.3 Å². The van der Waals surface area contributed by atoms with Crippen molar-refractivity contribution in [1.29, 1.82) is 0 Å². The quantitative estimate of drug-likeness (QED) is 0.519. The number of carbonyl (C=O) groups is 1. The molecule has 7 nitrogen and oxygen atoms in total. The van der Waals surface area contributed by atoms with Gasteiger partial charge >= 0.3 is 0 Å². The van der Waals surface area contributed by atoms with Gasteiger partial charge in [0.15, 0.2) is 0 Å². The Hall–Kier alpha value is -3.61. The van der Waals surface area contributed by atoms with E-state index in [1.54, 1.807) is 30.4 Å². The predicted octanol–water partition coefficient (Wildman–Crippen LogP) is 3.83. The summed E-state index contributed by atoms with van der Waals surface area (Å²) in [6.45, 7) is 0.362. The minimum Gasteiger partial charge on any atom is -0.364 e. The standard InChI is InChI=1S/C22H19N5O2/c1-27(13-16-8-9-29-26-16)22(28)18-10-20(25-19-5-3-2-4-17(18)19)15-11-23-21(24-12-15)14-6-7-14/h2-5,8-12,14H,6-7,13H2,1H3. The molecule has 0 bridgehead atoms. The van der Waals surface area contributed by atoms with Gasteiger partial charge in [-0.15, -0.1) is 0 Å². The molecule has 0 atom stereocenters. The number of para-hydroxylation sites is 1. The average molecular weight is 385 g/mol. The molecule has 0 unspecified atom stereocenters. The first-order chi connectivity index (χ1) is 14.2. The minimum atomic E-state index is -0.108. The van der Waals surface area contributed by atoms with E-state index in [2.05, 4.69) is 15.1 Å². The Morgan fingerprint density at radius 2 is 1.97 bits per heavy atom. The number of carbonyl (C=O) groups excluding carboxylic acids is 1. The summed E-state index contributed by atoms with van der Waals surface area (Å²) in [5, 5.41) is 4.70. The van der Waals surface area contributed by atoms with E-state index in [-0.39, 0.29) is 5.91 Å². The number of hydrogen-bond acceptors (Lipinski definition) is 6. The number of pyridine rings is 1. The van der Waals surface area contributed by atoms with Gasteiger partial charge < -0.3 is 9.42 Å². The number of nitrogens with zero attached hydrogens (tertiary/aromatic N) is 5. The Morgan fingerprint density at radius 3 is 2.69 bits per heavy atom. The topological polar surface area (TPSA) is 85.0 Å². The van der Waals surface area contributed by atoms with Crippen molar-refractivity contribution in [3.8, 4) is 11.3 Å². The molecular weight excluding hydrogens is 366 g/mol. The zero-order chi connectivity index (χ0) is 19.8. The normalized spacial score (nSPS) is 13.6. The Bertz CT molecular complexity index is 1170. The summed E-state index contributed by atoms with van der Waals surface area (Å²) in [5.74, 6) is 1.28. The first-order valence-corrected chi connectivity index (χ1v) is 9.56. The van der Waals surface area contributed by atoms with Crippen molar-refractivity contribution in [2.75, 3.05) is 7.05 Å². The van der Waals surface area contributed by atoms with Crippen LogP contribution in [0.25, 0.3) is 22.2 Å². The van der Waals surface area contributed by atoms with Crippen LogP contribution in [0.1, 0.15) is 40.6 Å². The average Bonchev–Trinajstić information content (AvgIpc) is 3.49. The molecule has 29 heavy (non-hydrogen) atoms. The molecule has 0 spiro atoms. The van der Waals surface area contributed by atoms with Gasteiger partial charge in [0.2, 0.25) is 0 Å². The molecular formula is C22H19N5O2. The molecule has 1 fully saturated rings. The molecule has 3 heterocycles. The van der Waals surface area contributed by atoms with Crippen LogP contribution >= 0.6 is 0 Å². The van der Waals surface area contributed by atoms with Crippen LogP contribution in [0.15, 0.2) is 59.6 Å². The third-order valence-electron chi connectivity index (χ3n) is 5.09. The van der Waals surface area contributed by atoms with Gasteiger partial charge in [-0.05, 0) is 25.0 Å². The van der Waals surface area contributed by atoms with Crippen LogP contribution in [-0.4, -0.2) is 38.0 Å². The van der Waals surface area contributed by atoms with Crippen molar-refractivity contribution < 1.29 is 9.32 Å². The Balaban J connectivity index is 1.53. The lowest BCUT2D eigenvalue weighted by atomic mass is 10.0. The minimum absolute atomic E-state index is 0.108. The lowest BCUT2D eigenvalue weighted by molar-refractivity contribution is 0.0784. The van der Waals surface area contributed by atoms with E-state index < -0.39 is 0 Å². The van der Waals surface area contributed by atoms with Crippen molar-refractivity contribution in [2.24, 2.45) is 0 Å². The third kappa shape index (κ3) is 3.47. The molecule has 5 rings (SSSR count). The fourth-order valence-corrected chi connectivity index (χ4v) is 3.36. The van der Waals surface area contributed by atoms with Crippen LogP contribution in [-0.2, 0) is 6.54 Å². The van der Waals surface area contributed by atoms with Crippen LogP contribution in [0, 0.1) is 0 Å². The number of aromatic nitrogens is 4. The van der Waals surface area contributed by atoms with Gasteiger partial charge in [-0.25, -0.2) is 15.0 Å². The van der Waals surface area contributed by atoms with Crippen LogP contribution in [0.4, 0.5) is 0 Å². The maximum absolute atomic E-state index is 13.2. The molecule has 1 amide bonds. The number of rotatable bonds is 5. The van der Waals surface area contributed by atoms with Crippen LogP contribution in [0.2, 0.25) is 0 Å². The molecule has 3 aromatic heterocycles. The van der Waals surface area contributed by atoms with Crippen LogP contribution < -0.4 is 0 Å². The van der Waals surface area contributed by atoms with E-state index >= 15 is 0 Å². The molecule has 1 aromatic carbocycles. The number of amides is 1. The molecule has 1 aliphatic carbocycles. The highest BCUT2D eigenvalue weighted by atomic mass is 16.5. The van der Waals surface area contributed by atoms with E-state index in [1.807, 2.05) is 30.3 Å². The number of hydrogen-bond donors (Lipinski definition) is 0. The number of benzene rings is 1. The second kappa shape index (κ2) is 7.09. The molecule has 4 aromatic rings. The molecule has 0 N–H and O–H groups in total. The van der Waals surface area contributed by atoms with Gasteiger partial charge in [0.25, 0.3) is 5.91 Å². The summed E-state index contributed by atoms with van der Waals surface area (Å²) in [6.07, 6.45) is 7.41. The van der Waals surface area contributed by atoms with Crippen molar-refractivity contribution in [3.05, 3.63) is 72.1 Å². The number of fused-ring (bicyclic) bond motifs is 1. The largest absolute Gasteiger partial charge is 0.364 e. The molecule has 0 aliphatic heterocycles. The first kappa shape index (κ1) is 17.5. The van der Waals surface area contributed by atoms with Gasteiger partial charge in [-0.1, -0.05) is 23.4 Å². The molecule has 1 saturated carbocycles. The maximum Gasteiger partial charge on any atom is 0.254 e. The van der Waals surface area contributed by atoms with Crippen molar-refractivity contribution in [3.63, 3.8) is 0 Å². The van der Waals surface area contributed by atoms with Gasteiger partial charge in [0, 0.05) is 42.4 Å². The molecule has 7 heteroatoms. The maximum atomic E-state index is 13.2. The van der Waals surface area contributed by atoms with E-state index in [9.17, 15) is 4.79 Å².